The van der Waals surface area contributed by atoms with Crippen LogP contribution in [-0.2, 0) is 0 Å². The summed E-state index contributed by atoms with van der Waals surface area (Å²) in [6.45, 7) is 0. The van der Waals surface area contributed by atoms with Crippen molar-refractivity contribution in [1.82, 2.24) is 4.73 Å². The maximum absolute atomic E-state index is 9.08. The summed E-state index contributed by atoms with van der Waals surface area (Å²) in [5.74, 6) is 0. The van der Waals surface area contributed by atoms with Crippen molar-refractivity contribution in [1.29, 1.82) is 0 Å². The standard InChI is InChI=1S/C6H7BrN2O/c1-8-6-3-2-5(7)4-9(6)10/h2-4,10H,1H3. The highest BCUT2D eigenvalue weighted by Crippen LogP contribution is 2.03. The third-order valence-corrected chi connectivity index (χ3v) is 1.57. The molecule has 3 nitrogen and oxygen atoms in total. The SMILES string of the molecule is CN=c1ccc(Br)cn1O. The molecule has 0 atom stereocenters. The number of aromatic nitrogens is 1. The van der Waals surface area contributed by atoms with Gasteiger partial charge in [-0.05, 0) is 28.1 Å². The van der Waals surface area contributed by atoms with Crippen LogP contribution in [0.25, 0.3) is 0 Å². The molecule has 0 fully saturated rings. The number of hydrogen-bond donors (Lipinski definition) is 1. The lowest BCUT2D eigenvalue weighted by Crippen LogP contribution is -2.16. The second-order valence-electron chi connectivity index (χ2n) is 1.77. The molecule has 1 N–H and O–H groups in total. The summed E-state index contributed by atoms with van der Waals surface area (Å²) >= 11 is 3.20. The van der Waals surface area contributed by atoms with Crippen LogP contribution in [0.1, 0.15) is 0 Å². The lowest BCUT2D eigenvalue weighted by molar-refractivity contribution is 0.171. The minimum Gasteiger partial charge on any atom is -0.427 e. The van der Waals surface area contributed by atoms with Crippen LogP contribution in [0.5, 0.6) is 0 Å². The first-order valence-corrected chi connectivity index (χ1v) is 3.53. The number of rotatable bonds is 0. The van der Waals surface area contributed by atoms with Gasteiger partial charge in [-0.1, -0.05) is 0 Å². The summed E-state index contributed by atoms with van der Waals surface area (Å²) in [5.41, 5.74) is 0.531. The van der Waals surface area contributed by atoms with Gasteiger partial charge in [-0.25, -0.2) is 0 Å². The predicted octanol–water partition coefficient (Wildman–Crippen LogP) is 1.02. The largest absolute Gasteiger partial charge is 0.427 e. The Morgan fingerprint density at radius 3 is 2.80 bits per heavy atom. The van der Waals surface area contributed by atoms with Crippen molar-refractivity contribution in [2.45, 2.75) is 0 Å². The highest BCUT2D eigenvalue weighted by molar-refractivity contribution is 9.10. The molecule has 0 aliphatic heterocycles. The van der Waals surface area contributed by atoms with Crippen LogP contribution in [0.15, 0.2) is 27.8 Å². The van der Waals surface area contributed by atoms with E-state index in [1.54, 1.807) is 13.1 Å². The summed E-state index contributed by atoms with van der Waals surface area (Å²) in [6.07, 6.45) is 1.53. The molecule has 0 saturated heterocycles. The Bertz CT molecular complexity index is 292. The van der Waals surface area contributed by atoms with Gasteiger partial charge in [0, 0.05) is 11.5 Å². The zero-order chi connectivity index (χ0) is 7.56. The van der Waals surface area contributed by atoms with Crippen molar-refractivity contribution < 1.29 is 5.21 Å². The van der Waals surface area contributed by atoms with E-state index < -0.39 is 0 Å². The van der Waals surface area contributed by atoms with Crippen LogP contribution < -0.4 is 5.49 Å². The molecule has 10 heavy (non-hydrogen) atoms. The summed E-state index contributed by atoms with van der Waals surface area (Å²) in [6, 6.07) is 3.53. The normalized spacial score (nSPS) is 12.0. The lowest BCUT2D eigenvalue weighted by atomic mass is 10.5. The average Bonchev–Trinajstić information content (AvgIpc) is 1.88. The van der Waals surface area contributed by atoms with Gasteiger partial charge in [0.15, 0.2) is 5.49 Å². The average molecular weight is 203 g/mol. The molecule has 0 saturated carbocycles. The Morgan fingerprint density at radius 1 is 1.60 bits per heavy atom. The van der Waals surface area contributed by atoms with Crippen molar-refractivity contribution in [2.24, 2.45) is 4.99 Å². The fourth-order valence-electron chi connectivity index (χ4n) is 0.633. The zero-order valence-electron chi connectivity index (χ0n) is 5.45. The molecule has 1 heterocycles. The van der Waals surface area contributed by atoms with Gasteiger partial charge in [0.1, 0.15) is 0 Å². The van der Waals surface area contributed by atoms with Gasteiger partial charge in [0.2, 0.25) is 0 Å². The summed E-state index contributed by atoms with van der Waals surface area (Å²) in [4.78, 5) is 3.80. The summed E-state index contributed by atoms with van der Waals surface area (Å²) < 4.78 is 1.78. The Balaban J connectivity index is 3.34. The number of pyridine rings is 1. The van der Waals surface area contributed by atoms with E-state index in [9.17, 15) is 0 Å². The van der Waals surface area contributed by atoms with E-state index in [-0.39, 0.29) is 0 Å². The Morgan fingerprint density at radius 2 is 2.30 bits per heavy atom. The number of nitrogens with zero attached hydrogens (tertiary/aromatic N) is 2. The Labute approximate surface area is 66.7 Å². The molecule has 4 heteroatoms. The second kappa shape index (κ2) is 2.88. The minimum absolute atomic E-state index is 0.531. The van der Waals surface area contributed by atoms with Crippen molar-refractivity contribution in [3.05, 3.63) is 28.3 Å². The molecule has 0 bridgehead atoms. The van der Waals surface area contributed by atoms with Crippen molar-refractivity contribution in [3.63, 3.8) is 0 Å². The van der Waals surface area contributed by atoms with Crippen molar-refractivity contribution in [3.8, 4) is 0 Å². The van der Waals surface area contributed by atoms with Crippen LogP contribution in [0.4, 0.5) is 0 Å². The third kappa shape index (κ3) is 1.39. The van der Waals surface area contributed by atoms with Crippen LogP contribution >= 0.6 is 15.9 Å². The van der Waals surface area contributed by atoms with Crippen LogP contribution in [0, 0.1) is 0 Å². The van der Waals surface area contributed by atoms with Crippen LogP contribution in [-0.4, -0.2) is 17.0 Å². The topological polar surface area (TPSA) is 37.5 Å². The first-order valence-electron chi connectivity index (χ1n) is 2.74. The Kier molecular flexibility index (Phi) is 2.11. The smallest absolute Gasteiger partial charge is 0.163 e. The first kappa shape index (κ1) is 7.34. The molecule has 1 aromatic heterocycles. The molecular formula is C6H7BrN2O. The van der Waals surface area contributed by atoms with Crippen molar-refractivity contribution >= 4 is 15.9 Å². The van der Waals surface area contributed by atoms with Gasteiger partial charge in [0.05, 0.1) is 6.20 Å². The van der Waals surface area contributed by atoms with E-state index in [1.807, 2.05) is 6.07 Å². The molecule has 0 unspecified atom stereocenters. The maximum Gasteiger partial charge on any atom is 0.163 e. The molecular weight excluding hydrogens is 196 g/mol. The molecule has 0 aliphatic rings. The first-order chi connectivity index (χ1) is 4.74. The van der Waals surface area contributed by atoms with E-state index in [0.717, 1.165) is 9.20 Å². The molecule has 0 aromatic carbocycles. The van der Waals surface area contributed by atoms with Crippen LogP contribution in [0.2, 0.25) is 0 Å². The van der Waals surface area contributed by atoms with Gasteiger partial charge in [-0.3, -0.25) is 4.99 Å². The van der Waals surface area contributed by atoms with Gasteiger partial charge in [0.25, 0.3) is 0 Å². The monoisotopic (exact) mass is 202 g/mol. The van der Waals surface area contributed by atoms with Gasteiger partial charge >= 0.3 is 0 Å². The third-order valence-electron chi connectivity index (χ3n) is 1.10. The van der Waals surface area contributed by atoms with E-state index in [1.165, 1.54) is 6.20 Å². The number of hydrogen-bond acceptors (Lipinski definition) is 2. The van der Waals surface area contributed by atoms with Gasteiger partial charge in [-0.15, -0.1) is 0 Å². The predicted molar refractivity (Wildman–Crippen MR) is 40.8 cm³/mol. The fourth-order valence-corrected chi connectivity index (χ4v) is 0.960. The maximum atomic E-state index is 9.08. The van der Waals surface area contributed by atoms with E-state index in [0.29, 0.717) is 5.49 Å². The summed E-state index contributed by atoms with van der Waals surface area (Å²) in [7, 11) is 1.62. The summed E-state index contributed by atoms with van der Waals surface area (Å²) in [5, 5.41) is 9.08. The van der Waals surface area contributed by atoms with E-state index in [2.05, 4.69) is 20.9 Å². The second-order valence-corrected chi connectivity index (χ2v) is 2.69. The highest BCUT2D eigenvalue weighted by atomic mass is 79.9. The zero-order valence-corrected chi connectivity index (χ0v) is 7.04. The fraction of sp³-hybridized carbons (Fsp3) is 0.167. The molecule has 0 spiro atoms. The van der Waals surface area contributed by atoms with Crippen molar-refractivity contribution in [2.75, 3.05) is 7.05 Å². The lowest BCUT2D eigenvalue weighted by Gasteiger charge is -1.96. The Hall–Kier alpha value is -0.770. The number of halogens is 1. The van der Waals surface area contributed by atoms with E-state index >= 15 is 0 Å². The molecule has 1 rings (SSSR count). The minimum atomic E-state index is 0.531. The molecule has 0 radical (unpaired) electrons. The molecule has 54 valence electrons. The molecule has 1 aromatic rings. The quantitative estimate of drug-likeness (QED) is 0.628. The van der Waals surface area contributed by atoms with Crippen LogP contribution in [0.3, 0.4) is 0 Å². The highest BCUT2D eigenvalue weighted by Gasteiger charge is 1.88. The van der Waals surface area contributed by atoms with Gasteiger partial charge < -0.3 is 5.21 Å². The molecule has 0 amide bonds. The van der Waals surface area contributed by atoms with Gasteiger partial charge in [-0.2, -0.15) is 4.73 Å². The van der Waals surface area contributed by atoms with E-state index in [4.69, 9.17) is 5.21 Å². The molecule has 0 aliphatic carbocycles.